The molecule has 104 valence electrons. The van der Waals surface area contributed by atoms with Gasteiger partial charge in [-0.2, -0.15) is 0 Å². The van der Waals surface area contributed by atoms with E-state index < -0.39 is 0 Å². The minimum absolute atomic E-state index is 0.460. The number of rotatable bonds is 3. The second kappa shape index (κ2) is 5.72. The van der Waals surface area contributed by atoms with E-state index in [4.69, 9.17) is 34.8 Å². The fourth-order valence-electron chi connectivity index (χ4n) is 1.77. The summed E-state index contributed by atoms with van der Waals surface area (Å²) in [6.45, 7) is 1.92. The Bertz CT molecular complexity index is 672. The van der Waals surface area contributed by atoms with Crippen LogP contribution in [0.3, 0.4) is 0 Å². The maximum Gasteiger partial charge on any atom is 0.136 e. The van der Waals surface area contributed by atoms with Crippen LogP contribution >= 0.6 is 46.6 Å². The number of halogens is 3. The summed E-state index contributed by atoms with van der Waals surface area (Å²) in [5, 5.41) is 2.66. The highest BCUT2D eigenvalue weighted by molar-refractivity contribution is 7.99. The zero-order valence-corrected chi connectivity index (χ0v) is 13.7. The Morgan fingerprint density at radius 1 is 1.15 bits per heavy atom. The van der Waals surface area contributed by atoms with Crippen molar-refractivity contribution in [3.05, 3.63) is 44.8 Å². The normalized spacial score (nSPS) is 14.6. The number of aromatic nitrogens is 2. The van der Waals surface area contributed by atoms with Gasteiger partial charge in [0, 0.05) is 21.4 Å². The van der Waals surface area contributed by atoms with E-state index in [0.717, 1.165) is 34.2 Å². The van der Waals surface area contributed by atoms with Gasteiger partial charge >= 0.3 is 0 Å². The largest absolute Gasteiger partial charge is 0.226 e. The Labute approximate surface area is 136 Å². The molecule has 2 nitrogen and oxygen atoms in total. The molecule has 3 rings (SSSR count). The molecule has 1 heterocycles. The van der Waals surface area contributed by atoms with E-state index >= 15 is 0 Å². The maximum atomic E-state index is 6.20. The third-order valence-corrected chi connectivity index (χ3v) is 5.29. The lowest BCUT2D eigenvalue weighted by atomic mass is 10.3. The Morgan fingerprint density at radius 3 is 2.60 bits per heavy atom. The molecule has 6 heteroatoms. The Kier molecular flexibility index (Phi) is 4.14. The zero-order valence-electron chi connectivity index (χ0n) is 10.7. The van der Waals surface area contributed by atoms with Crippen molar-refractivity contribution in [1.29, 1.82) is 0 Å². The third-order valence-electron chi connectivity index (χ3n) is 3.10. The lowest BCUT2D eigenvalue weighted by molar-refractivity contribution is 0.862. The minimum Gasteiger partial charge on any atom is -0.226 e. The molecule has 1 aromatic carbocycles. The van der Waals surface area contributed by atoms with Gasteiger partial charge in [-0.25, -0.2) is 9.97 Å². The van der Waals surface area contributed by atoms with Crippen LogP contribution < -0.4 is 0 Å². The van der Waals surface area contributed by atoms with Gasteiger partial charge in [-0.05, 0) is 38.0 Å². The van der Waals surface area contributed by atoms with Crippen molar-refractivity contribution in [1.82, 2.24) is 9.97 Å². The molecule has 0 aliphatic heterocycles. The molecule has 1 aliphatic rings. The average Bonchev–Trinajstić information content (AvgIpc) is 3.23. The van der Waals surface area contributed by atoms with Crippen molar-refractivity contribution in [3.8, 4) is 0 Å². The second-order valence-electron chi connectivity index (χ2n) is 4.75. The topological polar surface area (TPSA) is 25.8 Å². The summed E-state index contributed by atoms with van der Waals surface area (Å²) >= 11 is 19.9. The number of hydrogen-bond donors (Lipinski definition) is 0. The average molecular weight is 346 g/mol. The van der Waals surface area contributed by atoms with Gasteiger partial charge in [0.2, 0.25) is 0 Å². The Hall–Kier alpha value is -0.480. The zero-order chi connectivity index (χ0) is 14.3. The standard InChI is InChI=1S/C14H11Cl3N2S/c1-7-12(17)18-13(8-2-3-8)19-14(7)20-11-6-9(15)4-5-10(11)16/h4-6,8H,2-3H2,1H3. The van der Waals surface area contributed by atoms with Crippen molar-refractivity contribution in [3.63, 3.8) is 0 Å². The van der Waals surface area contributed by atoms with Gasteiger partial charge in [0.1, 0.15) is 16.0 Å². The molecule has 1 aliphatic carbocycles. The van der Waals surface area contributed by atoms with Crippen molar-refractivity contribution in [2.75, 3.05) is 0 Å². The third kappa shape index (κ3) is 3.06. The van der Waals surface area contributed by atoms with Gasteiger partial charge in [-0.3, -0.25) is 0 Å². The molecule has 1 aromatic heterocycles. The van der Waals surface area contributed by atoms with E-state index in [2.05, 4.69) is 9.97 Å². The molecule has 0 saturated heterocycles. The van der Waals surface area contributed by atoms with Crippen LogP contribution in [-0.2, 0) is 0 Å². The first-order chi connectivity index (χ1) is 9.54. The van der Waals surface area contributed by atoms with Crippen LogP contribution in [0.2, 0.25) is 15.2 Å². The first-order valence-corrected chi connectivity index (χ1v) is 8.16. The molecule has 1 saturated carbocycles. The van der Waals surface area contributed by atoms with E-state index in [9.17, 15) is 0 Å². The second-order valence-corrected chi connectivity index (χ2v) is 6.99. The molecule has 0 spiro atoms. The smallest absolute Gasteiger partial charge is 0.136 e. The van der Waals surface area contributed by atoms with Crippen molar-refractivity contribution in [2.45, 2.75) is 35.6 Å². The van der Waals surface area contributed by atoms with Gasteiger partial charge < -0.3 is 0 Å². The molecule has 0 radical (unpaired) electrons. The molecule has 0 amide bonds. The fourth-order valence-corrected chi connectivity index (χ4v) is 3.42. The summed E-state index contributed by atoms with van der Waals surface area (Å²) in [5.41, 5.74) is 0.872. The molecular weight excluding hydrogens is 335 g/mol. The van der Waals surface area contributed by atoms with Crippen LogP contribution in [0.5, 0.6) is 0 Å². The van der Waals surface area contributed by atoms with Crippen molar-refractivity contribution in [2.24, 2.45) is 0 Å². The summed E-state index contributed by atoms with van der Waals surface area (Å²) in [6.07, 6.45) is 2.28. The summed E-state index contributed by atoms with van der Waals surface area (Å²) in [5.74, 6) is 1.29. The monoisotopic (exact) mass is 344 g/mol. The summed E-state index contributed by atoms with van der Waals surface area (Å²) < 4.78 is 0. The number of benzene rings is 1. The molecule has 2 aromatic rings. The lowest BCUT2D eigenvalue weighted by Gasteiger charge is -2.09. The first kappa shape index (κ1) is 14.5. The van der Waals surface area contributed by atoms with E-state index in [1.165, 1.54) is 11.8 Å². The Morgan fingerprint density at radius 2 is 1.90 bits per heavy atom. The molecule has 0 N–H and O–H groups in total. The fraction of sp³-hybridized carbons (Fsp3) is 0.286. The summed E-state index contributed by atoms with van der Waals surface area (Å²) in [7, 11) is 0. The molecule has 0 atom stereocenters. The maximum absolute atomic E-state index is 6.20. The van der Waals surface area contributed by atoms with E-state index in [1.54, 1.807) is 12.1 Å². The van der Waals surface area contributed by atoms with Gasteiger partial charge in [-0.1, -0.05) is 46.6 Å². The molecular formula is C14H11Cl3N2S. The first-order valence-electron chi connectivity index (χ1n) is 6.21. The highest BCUT2D eigenvalue weighted by Gasteiger charge is 2.28. The van der Waals surface area contributed by atoms with Crippen LogP contribution in [0.15, 0.2) is 28.1 Å². The predicted octanol–water partition coefficient (Wildman–Crippen LogP) is 5.77. The van der Waals surface area contributed by atoms with E-state index in [-0.39, 0.29) is 0 Å². The molecule has 0 unspecified atom stereocenters. The van der Waals surface area contributed by atoms with Gasteiger partial charge in [0.15, 0.2) is 0 Å². The van der Waals surface area contributed by atoms with Gasteiger partial charge in [-0.15, -0.1) is 0 Å². The highest BCUT2D eigenvalue weighted by atomic mass is 35.5. The molecule has 1 fully saturated rings. The van der Waals surface area contributed by atoms with Gasteiger partial charge in [0.05, 0.1) is 5.02 Å². The minimum atomic E-state index is 0.460. The van der Waals surface area contributed by atoms with Crippen molar-refractivity contribution < 1.29 is 0 Å². The SMILES string of the molecule is Cc1c(Cl)nc(C2CC2)nc1Sc1cc(Cl)ccc1Cl. The van der Waals surface area contributed by atoms with Crippen LogP contribution in [0.1, 0.15) is 30.1 Å². The van der Waals surface area contributed by atoms with E-state index in [0.29, 0.717) is 21.1 Å². The van der Waals surface area contributed by atoms with Crippen LogP contribution in [-0.4, -0.2) is 9.97 Å². The molecule has 20 heavy (non-hydrogen) atoms. The van der Waals surface area contributed by atoms with E-state index in [1.807, 2.05) is 13.0 Å². The number of hydrogen-bond acceptors (Lipinski definition) is 3. The molecule has 0 bridgehead atoms. The highest BCUT2D eigenvalue weighted by Crippen LogP contribution is 2.42. The van der Waals surface area contributed by atoms with Crippen LogP contribution in [0.4, 0.5) is 0 Å². The van der Waals surface area contributed by atoms with Crippen molar-refractivity contribution >= 4 is 46.6 Å². The summed E-state index contributed by atoms with van der Waals surface area (Å²) in [6, 6.07) is 5.39. The van der Waals surface area contributed by atoms with Crippen LogP contribution in [0, 0.1) is 6.92 Å². The summed E-state index contributed by atoms with van der Waals surface area (Å²) in [4.78, 5) is 9.86. The number of nitrogens with zero attached hydrogens (tertiary/aromatic N) is 2. The Balaban J connectivity index is 1.99. The van der Waals surface area contributed by atoms with Crippen LogP contribution in [0.25, 0.3) is 0 Å². The quantitative estimate of drug-likeness (QED) is 0.660. The predicted molar refractivity (Wildman–Crippen MR) is 84.3 cm³/mol. The van der Waals surface area contributed by atoms with Gasteiger partial charge in [0.25, 0.3) is 0 Å². The lowest BCUT2D eigenvalue weighted by Crippen LogP contribution is -1.98.